The van der Waals surface area contributed by atoms with Crippen LogP contribution >= 0.6 is 11.8 Å². The molecule has 2 aliphatic heterocycles. The molecule has 2 saturated heterocycles. The number of carbonyl (C=O) groups excluding carboxylic acids is 1. The van der Waals surface area contributed by atoms with E-state index in [-0.39, 0.29) is 16.9 Å². The monoisotopic (exact) mass is 338 g/mol. The Labute approximate surface area is 142 Å². The molecule has 1 N–H and O–H groups in total. The number of hydrogen-bond acceptors (Lipinski definition) is 4. The van der Waals surface area contributed by atoms with Gasteiger partial charge in [-0.3, -0.25) is 0 Å². The smallest absolute Gasteiger partial charge is 0.317 e. The highest BCUT2D eigenvalue weighted by molar-refractivity contribution is 8.00. The second kappa shape index (κ2) is 7.62. The highest BCUT2D eigenvalue weighted by Crippen LogP contribution is 2.37. The molecule has 2 fully saturated rings. The van der Waals surface area contributed by atoms with Crippen LogP contribution in [-0.2, 0) is 11.3 Å². The van der Waals surface area contributed by atoms with Gasteiger partial charge in [-0.05, 0) is 50.5 Å². The molecule has 5 nitrogen and oxygen atoms in total. The lowest BCUT2D eigenvalue weighted by molar-refractivity contribution is 0.0776. The summed E-state index contributed by atoms with van der Waals surface area (Å²) in [5.74, 6) is 2.00. The molecule has 0 aromatic carbocycles. The lowest BCUT2D eigenvalue weighted by Gasteiger charge is -2.28. The first kappa shape index (κ1) is 16.7. The van der Waals surface area contributed by atoms with Gasteiger partial charge in [-0.2, -0.15) is 11.8 Å². The number of thioether (sulfide) groups is 1. The summed E-state index contributed by atoms with van der Waals surface area (Å²) in [5.41, 5.74) is 0. The number of rotatable bonds is 6. The van der Waals surface area contributed by atoms with Gasteiger partial charge in [0.1, 0.15) is 5.76 Å². The van der Waals surface area contributed by atoms with E-state index in [2.05, 4.69) is 12.2 Å². The molecule has 0 saturated carbocycles. The summed E-state index contributed by atoms with van der Waals surface area (Å²) in [5, 5.41) is 3.12. The molecule has 1 aromatic rings. The van der Waals surface area contributed by atoms with E-state index in [1.54, 1.807) is 6.26 Å². The van der Waals surface area contributed by atoms with E-state index in [1.165, 1.54) is 18.6 Å². The zero-order chi connectivity index (χ0) is 16.1. The maximum atomic E-state index is 12.7. The van der Waals surface area contributed by atoms with Crippen LogP contribution in [0.3, 0.4) is 0 Å². The Morgan fingerprint density at radius 2 is 2.43 bits per heavy atom. The highest BCUT2D eigenvalue weighted by Gasteiger charge is 2.31. The second-order valence-electron chi connectivity index (χ2n) is 6.66. The first-order valence-corrected chi connectivity index (χ1v) is 9.44. The minimum Gasteiger partial charge on any atom is -0.467 e. The minimum atomic E-state index is -0.0226. The molecule has 2 atom stereocenters. The molecule has 3 rings (SSSR count). The van der Waals surface area contributed by atoms with Gasteiger partial charge >= 0.3 is 6.03 Å². The molecule has 1 aromatic heterocycles. The highest BCUT2D eigenvalue weighted by atomic mass is 32.2. The molecule has 2 aliphatic rings. The molecule has 2 amide bonds. The van der Waals surface area contributed by atoms with E-state index < -0.39 is 0 Å². The summed E-state index contributed by atoms with van der Waals surface area (Å²) < 4.78 is 11.3. The standard InChI is InChI=1S/C17H26N2O3S/c1-17(7-4-10-23-17)13-18-16(20)19(11-14-5-2-8-21-14)12-15-6-3-9-22-15/h2,5,8,15H,3-4,6-7,9-13H2,1H3,(H,18,20)/t15-,17-/m0/s1. The quantitative estimate of drug-likeness (QED) is 0.865. The van der Waals surface area contributed by atoms with Crippen molar-refractivity contribution < 1.29 is 13.9 Å². The van der Waals surface area contributed by atoms with Crippen molar-refractivity contribution in [1.82, 2.24) is 10.2 Å². The van der Waals surface area contributed by atoms with Gasteiger partial charge < -0.3 is 19.4 Å². The molecule has 128 valence electrons. The Kier molecular flexibility index (Phi) is 5.54. The van der Waals surface area contributed by atoms with Crippen LogP contribution in [0.5, 0.6) is 0 Å². The molecule has 0 bridgehead atoms. The van der Waals surface area contributed by atoms with Crippen molar-refractivity contribution in [2.45, 2.75) is 50.0 Å². The Hall–Kier alpha value is -1.14. The predicted molar refractivity (Wildman–Crippen MR) is 91.6 cm³/mol. The summed E-state index contributed by atoms with van der Waals surface area (Å²) in [6.45, 7) is 4.87. The lowest BCUT2D eigenvalue weighted by Crippen LogP contribution is -2.46. The largest absolute Gasteiger partial charge is 0.467 e. The maximum Gasteiger partial charge on any atom is 0.317 e. The average Bonchev–Trinajstić information content (AvgIpc) is 3.27. The number of hydrogen-bond donors (Lipinski definition) is 1. The van der Waals surface area contributed by atoms with Crippen molar-refractivity contribution in [3.63, 3.8) is 0 Å². The molecule has 0 unspecified atom stereocenters. The van der Waals surface area contributed by atoms with E-state index in [4.69, 9.17) is 9.15 Å². The third kappa shape index (κ3) is 4.67. The summed E-state index contributed by atoms with van der Waals surface area (Å²) in [4.78, 5) is 14.5. The van der Waals surface area contributed by atoms with Crippen molar-refractivity contribution in [1.29, 1.82) is 0 Å². The van der Waals surface area contributed by atoms with E-state index in [0.29, 0.717) is 13.1 Å². The Balaban J connectivity index is 1.57. The van der Waals surface area contributed by atoms with Crippen LogP contribution < -0.4 is 5.32 Å². The van der Waals surface area contributed by atoms with Crippen LogP contribution in [0.15, 0.2) is 22.8 Å². The molecular formula is C17H26N2O3S. The average molecular weight is 338 g/mol. The van der Waals surface area contributed by atoms with Crippen molar-refractivity contribution in [3.05, 3.63) is 24.2 Å². The maximum absolute atomic E-state index is 12.7. The van der Waals surface area contributed by atoms with E-state index in [9.17, 15) is 4.79 Å². The topological polar surface area (TPSA) is 54.7 Å². The summed E-state index contributed by atoms with van der Waals surface area (Å²) >= 11 is 1.96. The molecular weight excluding hydrogens is 312 g/mol. The van der Waals surface area contributed by atoms with Crippen molar-refractivity contribution in [2.75, 3.05) is 25.4 Å². The Morgan fingerprint density at radius 1 is 1.52 bits per heavy atom. The number of ether oxygens (including phenoxy) is 1. The fourth-order valence-corrected chi connectivity index (χ4v) is 4.44. The van der Waals surface area contributed by atoms with Crippen LogP contribution in [0.1, 0.15) is 38.4 Å². The van der Waals surface area contributed by atoms with Crippen LogP contribution in [0, 0.1) is 0 Å². The van der Waals surface area contributed by atoms with Crippen LogP contribution in [0.25, 0.3) is 0 Å². The summed E-state index contributed by atoms with van der Waals surface area (Å²) in [6.07, 6.45) is 6.30. The van der Waals surface area contributed by atoms with Crippen molar-refractivity contribution >= 4 is 17.8 Å². The first-order valence-electron chi connectivity index (χ1n) is 8.45. The predicted octanol–water partition coefficient (Wildman–Crippen LogP) is 3.26. The minimum absolute atomic E-state index is 0.0226. The van der Waals surface area contributed by atoms with E-state index in [0.717, 1.165) is 31.8 Å². The SMILES string of the molecule is C[C@@]1(CNC(=O)N(Cc2ccco2)C[C@@H]2CCCO2)CCCS1. The third-order valence-corrected chi connectivity index (χ3v) is 6.11. The third-order valence-electron chi connectivity index (χ3n) is 4.58. The number of nitrogens with one attached hydrogen (secondary N) is 1. The fourth-order valence-electron chi connectivity index (χ4n) is 3.19. The van der Waals surface area contributed by atoms with Gasteiger partial charge in [0.15, 0.2) is 0 Å². The van der Waals surface area contributed by atoms with E-state index >= 15 is 0 Å². The van der Waals surface area contributed by atoms with Crippen LogP contribution in [0.2, 0.25) is 0 Å². The van der Waals surface area contributed by atoms with Gasteiger partial charge in [0, 0.05) is 24.4 Å². The zero-order valence-electron chi connectivity index (χ0n) is 13.8. The normalized spacial score (nSPS) is 27.3. The van der Waals surface area contributed by atoms with Crippen LogP contribution in [0.4, 0.5) is 4.79 Å². The summed E-state index contributed by atoms with van der Waals surface area (Å²) in [6, 6.07) is 3.74. The fraction of sp³-hybridized carbons (Fsp3) is 0.706. The number of urea groups is 1. The molecule has 23 heavy (non-hydrogen) atoms. The van der Waals surface area contributed by atoms with Crippen LogP contribution in [-0.4, -0.2) is 47.2 Å². The van der Waals surface area contributed by atoms with Gasteiger partial charge in [-0.15, -0.1) is 0 Å². The Bertz CT molecular complexity index is 494. The van der Waals surface area contributed by atoms with Gasteiger partial charge in [0.25, 0.3) is 0 Å². The van der Waals surface area contributed by atoms with Gasteiger partial charge in [0.05, 0.1) is 18.9 Å². The van der Waals surface area contributed by atoms with Gasteiger partial charge in [0.2, 0.25) is 0 Å². The number of nitrogens with zero attached hydrogens (tertiary/aromatic N) is 1. The Morgan fingerprint density at radius 3 is 3.09 bits per heavy atom. The first-order chi connectivity index (χ1) is 11.1. The lowest BCUT2D eigenvalue weighted by atomic mass is 10.1. The van der Waals surface area contributed by atoms with Crippen molar-refractivity contribution in [3.8, 4) is 0 Å². The second-order valence-corrected chi connectivity index (χ2v) is 8.34. The molecule has 3 heterocycles. The van der Waals surface area contributed by atoms with Gasteiger partial charge in [-0.25, -0.2) is 4.79 Å². The summed E-state index contributed by atoms with van der Waals surface area (Å²) in [7, 11) is 0. The van der Waals surface area contributed by atoms with E-state index in [1.807, 2.05) is 28.8 Å². The number of amides is 2. The number of furan rings is 1. The molecule has 0 spiro atoms. The number of carbonyl (C=O) groups is 1. The molecule has 0 radical (unpaired) electrons. The molecule has 6 heteroatoms. The van der Waals surface area contributed by atoms with Crippen molar-refractivity contribution in [2.24, 2.45) is 0 Å². The molecule has 0 aliphatic carbocycles. The zero-order valence-corrected chi connectivity index (χ0v) is 14.6. The van der Waals surface area contributed by atoms with Gasteiger partial charge in [-0.1, -0.05) is 0 Å².